The van der Waals surface area contributed by atoms with Crippen molar-refractivity contribution in [3.05, 3.63) is 372 Å². The van der Waals surface area contributed by atoms with E-state index in [0.717, 1.165) is 50.9 Å². The van der Waals surface area contributed by atoms with Crippen molar-refractivity contribution < 1.29 is 63.8 Å². The molecule has 0 fully saturated rings. The second-order valence-electron chi connectivity index (χ2n) is 35.1. The van der Waals surface area contributed by atoms with Gasteiger partial charge in [0.05, 0.1) is 39.3 Å². The Bertz CT molecular complexity index is 5950. The van der Waals surface area contributed by atoms with Gasteiger partial charge in [0.15, 0.2) is 11.2 Å². The Morgan fingerprint density at radius 1 is 0.370 bits per heavy atom. The van der Waals surface area contributed by atoms with Crippen LogP contribution in [0.1, 0.15) is 257 Å². The van der Waals surface area contributed by atoms with Crippen molar-refractivity contribution in [2.45, 2.75) is 167 Å². The summed E-state index contributed by atoms with van der Waals surface area (Å²) in [5, 5.41) is 58.5. The molecule has 0 aliphatic heterocycles. The Morgan fingerprint density at radius 3 is 1.24 bits per heavy atom. The highest BCUT2D eigenvalue weighted by Crippen LogP contribution is 2.50. The van der Waals surface area contributed by atoms with Crippen LogP contribution in [0.3, 0.4) is 0 Å². The molecule has 0 amide bonds. The van der Waals surface area contributed by atoms with E-state index in [4.69, 9.17) is 29.9 Å². The van der Waals surface area contributed by atoms with Crippen LogP contribution in [-0.4, -0.2) is 66.3 Å². The summed E-state index contributed by atoms with van der Waals surface area (Å²) in [6.45, 7) is 34.3. The van der Waals surface area contributed by atoms with Crippen LogP contribution < -0.4 is 5.43 Å². The number of para-hydroxylation sites is 1. The zero-order chi connectivity index (χ0) is 86.3. The van der Waals surface area contributed by atoms with E-state index in [1.165, 1.54) is 118 Å². The first kappa shape index (κ1) is 86.9. The molecule has 12 aromatic rings. The third kappa shape index (κ3) is 20.6. The number of fused-ring (bicyclic) bond motifs is 5. The minimum atomic E-state index is -0.989. The molecule has 3 aliphatic rings. The molecular formula is C105H104O14. The fourth-order valence-electron chi connectivity index (χ4n) is 15.8. The van der Waals surface area contributed by atoms with Crippen LogP contribution in [0.4, 0.5) is 0 Å². The van der Waals surface area contributed by atoms with E-state index in [1.807, 2.05) is 54.6 Å². The first-order valence-electron chi connectivity index (χ1n) is 40.1. The van der Waals surface area contributed by atoms with Gasteiger partial charge in [-0.1, -0.05) is 266 Å². The van der Waals surface area contributed by atoms with Gasteiger partial charge >= 0.3 is 29.8 Å². The number of aromatic carboxylic acids is 5. The standard InChI is InChI=1S/C25H26O2.C24H28O3.C24H28O2.C16H10O4.C16H12O3/c1-24(2)11-12-25(3,4)22-15-20-13-18(9-10-19(20)14-21(22)24)16-5-7-17(8-6-16)23(26)27;1-23(2)13-14-24(3,4)20-15-18(10-11-19(20)23)21(25)12-7-16-5-8-17(9-6-16)22(26)27;1-15-13-20-21(24(5,6)12-11-23(20,3)4)14-19(15)16(2)17-7-9-18(10-8-17)22(25)26;17-13-9-15(20-14-4-2-1-3-12(13)14)10-5-7-11(8-6-10)16(18)19;17-15(13-4-2-1-3-5-13)11-8-12-6-9-14(10-7-12)16(18)19/h5-10,13-15H,11-12H2,1-4H3,(H,26,27);5-12,15,21,25H,13-14H2,1-4H3,(H,26,27);7-10,13-14H,2,11-12H2,1,3-6H3,(H,25,26);1-9H,(H,18,19);1-11H,(H,18,19)/b;12-7+;;;11-8+. The van der Waals surface area contributed by atoms with E-state index in [0.29, 0.717) is 39.0 Å². The molecule has 14 nitrogen and oxygen atoms in total. The second-order valence-corrected chi connectivity index (χ2v) is 35.1. The molecule has 15 rings (SSSR count). The minimum absolute atomic E-state index is 0.0806. The van der Waals surface area contributed by atoms with Crippen molar-refractivity contribution in [3.63, 3.8) is 0 Å². The zero-order valence-corrected chi connectivity index (χ0v) is 69.9. The lowest BCUT2D eigenvalue weighted by Gasteiger charge is -2.42. The summed E-state index contributed by atoms with van der Waals surface area (Å²) in [5.41, 5.74) is 21.5. The highest BCUT2D eigenvalue weighted by Gasteiger charge is 2.40. The fourth-order valence-corrected chi connectivity index (χ4v) is 15.8. The number of hydrogen-bond donors (Lipinski definition) is 6. The van der Waals surface area contributed by atoms with Crippen molar-refractivity contribution in [1.82, 2.24) is 0 Å². The maximum Gasteiger partial charge on any atom is 0.335 e. The third-order valence-corrected chi connectivity index (χ3v) is 23.8. The first-order valence-corrected chi connectivity index (χ1v) is 40.1. The molecule has 0 spiro atoms. The maximum atomic E-state index is 12.0. The van der Waals surface area contributed by atoms with E-state index in [9.17, 15) is 38.7 Å². The Kier molecular flexibility index (Phi) is 25.9. The molecule has 14 heteroatoms. The van der Waals surface area contributed by atoms with Crippen molar-refractivity contribution in [1.29, 1.82) is 0 Å². The molecule has 0 radical (unpaired) electrons. The number of aliphatic hydroxyl groups is 1. The van der Waals surface area contributed by atoms with Crippen LogP contribution >= 0.6 is 0 Å². The molecule has 1 atom stereocenters. The number of ketones is 1. The van der Waals surface area contributed by atoms with E-state index < -0.39 is 36.0 Å². The summed E-state index contributed by atoms with van der Waals surface area (Å²) in [6, 6.07) is 72.9. The lowest BCUT2D eigenvalue weighted by atomic mass is 9.62. The highest BCUT2D eigenvalue weighted by atomic mass is 16.4. The topological polar surface area (TPSA) is 254 Å². The Labute approximate surface area is 696 Å². The van der Waals surface area contributed by atoms with E-state index in [-0.39, 0.29) is 60.4 Å². The third-order valence-electron chi connectivity index (χ3n) is 23.8. The number of carboxylic acid groups (broad SMARTS) is 5. The molecule has 608 valence electrons. The first-order chi connectivity index (χ1) is 56.1. The number of carbonyl (C=O) groups excluding carboxylic acids is 1. The van der Waals surface area contributed by atoms with Gasteiger partial charge in [0.2, 0.25) is 0 Å². The molecule has 3 aliphatic carbocycles. The van der Waals surface area contributed by atoms with Gasteiger partial charge in [-0.25, -0.2) is 24.0 Å². The largest absolute Gasteiger partial charge is 0.478 e. The second kappa shape index (κ2) is 35.5. The number of allylic oxidation sites excluding steroid dienone is 1. The summed E-state index contributed by atoms with van der Waals surface area (Å²) in [7, 11) is 0. The Morgan fingerprint density at radius 2 is 0.756 bits per heavy atom. The maximum absolute atomic E-state index is 12.0. The number of aliphatic hydroxyl groups excluding tert-OH is 1. The quantitative estimate of drug-likeness (QED) is 0.0412. The smallest absolute Gasteiger partial charge is 0.335 e. The Hall–Kier alpha value is -12.9. The van der Waals surface area contributed by atoms with Gasteiger partial charge in [-0.15, -0.1) is 0 Å². The van der Waals surface area contributed by atoms with Crippen LogP contribution in [0.25, 0.3) is 61.9 Å². The van der Waals surface area contributed by atoms with Crippen molar-refractivity contribution in [2.75, 3.05) is 0 Å². The van der Waals surface area contributed by atoms with Crippen LogP contribution in [0, 0.1) is 6.92 Å². The zero-order valence-electron chi connectivity index (χ0n) is 69.9. The predicted octanol–water partition coefficient (Wildman–Crippen LogP) is 24.6. The van der Waals surface area contributed by atoms with Crippen LogP contribution in [0.15, 0.2) is 271 Å². The van der Waals surface area contributed by atoms with Gasteiger partial charge in [0, 0.05) is 17.2 Å². The Balaban J connectivity index is 0.000000147. The van der Waals surface area contributed by atoms with E-state index in [2.05, 4.69) is 151 Å². The predicted molar refractivity (Wildman–Crippen MR) is 477 cm³/mol. The summed E-state index contributed by atoms with van der Waals surface area (Å²) in [5.74, 6) is -4.35. The minimum Gasteiger partial charge on any atom is -0.478 e. The van der Waals surface area contributed by atoms with Gasteiger partial charge < -0.3 is 35.1 Å². The van der Waals surface area contributed by atoms with Crippen molar-refractivity contribution >= 4 is 75.1 Å². The van der Waals surface area contributed by atoms with Gasteiger partial charge in [0.1, 0.15) is 11.3 Å². The summed E-state index contributed by atoms with van der Waals surface area (Å²) in [6.07, 6.45) is 13.1. The average Bonchev–Trinajstić information content (AvgIpc) is 0.748. The number of rotatable bonds is 15. The number of aryl methyl sites for hydroxylation is 1. The normalized spacial score (nSPS) is 15.5. The molecular weight excluding hydrogens is 1490 g/mol. The van der Waals surface area contributed by atoms with E-state index >= 15 is 0 Å². The molecule has 0 saturated heterocycles. The summed E-state index contributed by atoms with van der Waals surface area (Å²) >= 11 is 0. The molecule has 0 saturated carbocycles. The molecule has 6 N–H and O–H groups in total. The van der Waals surface area contributed by atoms with Gasteiger partial charge in [-0.05, 0) is 257 Å². The number of benzene rings is 11. The molecule has 1 unspecified atom stereocenters. The molecule has 1 aromatic heterocycles. The van der Waals surface area contributed by atoms with Gasteiger partial charge in [-0.3, -0.25) is 9.59 Å². The van der Waals surface area contributed by atoms with Crippen molar-refractivity contribution in [3.8, 4) is 22.5 Å². The number of carboxylic acids is 5. The molecule has 119 heavy (non-hydrogen) atoms. The summed E-state index contributed by atoms with van der Waals surface area (Å²) < 4.78 is 5.68. The lowest BCUT2D eigenvalue weighted by molar-refractivity contribution is 0.0686. The molecule has 1 heterocycles. The summed E-state index contributed by atoms with van der Waals surface area (Å²) in [4.78, 5) is 78.4. The van der Waals surface area contributed by atoms with E-state index in [1.54, 1.807) is 121 Å². The molecule has 0 bridgehead atoms. The highest BCUT2D eigenvalue weighted by molar-refractivity contribution is 6.07. The van der Waals surface area contributed by atoms with Crippen LogP contribution in [0.2, 0.25) is 0 Å². The average molecular weight is 1590 g/mol. The number of carbonyl (C=O) groups is 6. The van der Waals surface area contributed by atoms with Crippen LogP contribution in [-0.2, 0) is 32.5 Å². The lowest BCUT2D eigenvalue weighted by Crippen LogP contribution is -2.34. The molecule has 11 aromatic carbocycles. The van der Waals surface area contributed by atoms with Crippen molar-refractivity contribution in [2.24, 2.45) is 0 Å². The van der Waals surface area contributed by atoms with Gasteiger partial charge in [-0.2, -0.15) is 0 Å². The SMILES string of the molecule is C=C(c1ccc(C(=O)O)cc1)c1cc2c(cc1C)C(C)(C)CCC2(C)C.CC1(C)CCC(C)(C)c2cc(C(O)/C=C/c3ccc(C(=O)O)cc3)ccc21.CC1(C)CCC(C)(C)c2cc3cc(-c4ccc(C(=O)O)cc4)ccc3cc21.O=C(O)c1ccc(-c2cc(=O)c3ccccc3o2)cc1.O=C(O)c1ccc(/C=C/C(=O)c2ccccc2)cc1. The fraction of sp³-hybridized carbons (Fsp3) is 0.248. The van der Waals surface area contributed by atoms with Crippen LogP contribution in [0.5, 0.6) is 0 Å². The monoisotopic (exact) mass is 1590 g/mol. The van der Waals surface area contributed by atoms with Gasteiger partial charge in [0.25, 0.3) is 0 Å². The number of hydrogen-bond acceptors (Lipinski definition) is 9.